The van der Waals surface area contributed by atoms with E-state index < -0.39 is 5.51 Å². The first-order valence-corrected chi connectivity index (χ1v) is 6.60. The van der Waals surface area contributed by atoms with Gasteiger partial charge in [-0.3, -0.25) is 0 Å². The zero-order valence-corrected chi connectivity index (χ0v) is 10.4. The van der Waals surface area contributed by atoms with E-state index >= 15 is 0 Å². The maximum Gasteiger partial charge on any atom is 0.441 e. The first-order valence-electron chi connectivity index (χ1n) is 4.49. The SMILES string of the molecule is CCC(CCBr)NCCSC(F)(F)F. The highest BCUT2D eigenvalue weighted by Gasteiger charge is 2.27. The van der Waals surface area contributed by atoms with E-state index in [1.807, 2.05) is 6.92 Å². The number of hydrogen-bond donors (Lipinski definition) is 1. The molecule has 0 aromatic carbocycles. The summed E-state index contributed by atoms with van der Waals surface area (Å²) in [7, 11) is 0. The molecule has 0 bridgehead atoms. The van der Waals surface area contributed by atoms with Crippen molar-refractivity contribution >= 4 is 27.7 Å². The summed E-state index contributed by atoms with van der Waals surface area (Å²) in [4.78, 5) is 0. The van der Waals surface area contributed by atoms with Crippen LogP contribution in [0, 0.1) is 0 Å². The molecule has 0 saturated heterocycles. The maximum atomic E-state index is 11.7. The highest BCUT2D eigenvalue weighted by Crippen LogP contribution is 2.29. The first-order chi connectivity index (χ1) is 6.49. The lowest BCUT2D eigenvalue weighted by Gasteiger charge is -2.15. The van der Waals surface area contributed by atoms with Gasteiger partial charge in [0.1, 0.15) is 0 Å². The molecule has 0 spiro atoms. The van der Waals surface area contributed by atoms with Crippen LogP contribution >= 0.6 is 27.7 Å². The fourth-order valence-electron chi connectivity index (χ4n) is 1.01. The van der Waals surface area contributed by atoms with Gasteiger partial charge in [0.25, 0.3) is 0 Å². The van der Waals surface area contributed by atoms with Crippen LogP contribution in [0.4, 0.5) is 13.2 Å². The quantitative estimate of drug-likeness (QED) is 0.570. The van der Waals surface area contributed by atoms with Crippen LogP contribution in [-0.2, 0) is 0 Å². The number of hydrogen-bond acceptors (Lipinski definition) is 2. The molecular weight excluding hydrogens is 279 g/mol. The lowest BCUT2D eigenvalue weighted by atomic mass is 10.2. The van der Waals surface area contributed by atoms with Crippen LogP contribution in [0.1, 0.15) is 19.8 Å². The Morgan fingerprint density at radius 3 is 2.50 bits per heavy atom. The Morgan fingerprint density at radius 2 is 2.07 bits per heavy atom. The van der Waals surface area contributed by atoms with Gasteiger partial charge in [-0.05, 0) is 24.6 Å². The first kappa shape index (κ1) is 14.6. The monoisotopic (exact) mass is 293 g/mol. The Kier molecular flexibility index (Phi) is 8.14. The van der Waals surface area contributed by atoms with Gasteiger partial charge in [0, 0.05) is 23.7 Å². The third-order valence-electron chi connectivity index (χ3n) is 1.75. The zero-order valence-electron chi connectivity index (χ0n) is 8.03. The molecule has 0 fully saturated rings. The van der Waals surface area contributed by atoms with E-state index in [1.54, 1.807) is 0 Å². The van der Waals surface area contributed by atoms with Gasteiger partial charge in [0.2, 0.25) is 0 Å². The van der Waals surface area contributed by atoms with Gasteiger partial charge in [-0.15, -0.1) is 0 Å². The van der Waals surface area contributed by atoms with Gasteiger partial charge in [-0.25, -0.2) is 0 Å². The molecule has 0 aliphatic heterocycles. The van der Waals surface area contributed by atoms with E-state index in [0.29, 0.717) is 12.6 Å². The van der Waals surface area contributed by atoms with Crippen molar-refractivity contribution in [1.29, 1.82) is 0 Å². The lowest BCUT2D eigenvalue weighted by Crippen LogP contribution is -2.31. The van der Waals surface area contributed by atoms with Crippen LogP contribution in [0.15, 0.2) is 0 Å². The van der Waals surface area contributed by atoms with E-state index in [-0.39, 0.29) is 17.5 Å². The maximum absolute atomic E-state index is 11.7. The van der Waals surface area contributed by atoms with Crippen LogP contribution in [0.25, 0.3) is 0 Å². The number of thioether (sulfide) groups is 1. The van der Waals surface area contributed by atoms with Gasteiger partial charge in [-0.1, -0.05) is 22.9 Å². The zero-order chi connectivity index (χ0) is 11.0. The van der Waals surface area contributed by atoms with Crippen LogP contribution < -0.4 is 5.32 Å². The molecule has 1 atom stereocenters. The molecule has 1 N–H and O–H groups in total. The molecule has 0 rings (SSSR count). The van der Waals surface area contributed by atoms with Crippen LogP contribution in [-0.4, -0.2) is 29.2 Å². The summed E-state index contributed by atoms with van der Waals surface area (Å²) in [5.74, 6) is 0.0856. The van der Waals surface area contributed by atoms with Gasteiger partial charge in [0.05, 0.1) is 0 Å². The molecular formula is C8H15BrF3NS. The molecule has 0 aliphatic rings. The number of nitrogens with one attached hydrogen (secondary N) is 1. The van der Waals surface area contributed by atoms with Gasteiger partial charge in [0.15, 0.2) is 0 Å². The van der Waals surface area contributed by atoms with Crippen molar-refractivity contribution in [3.8, 4) is 0 Å². The fraction of sp³-hybridized carbons (Fsp3) is 1.00. The van der Waals surface area contributed by atoms with Crippen molar-refractivity contribution in [1.82, 2.24) is 5.32 Å². The van der Waals surface area contributed by atoms with Crippen LogP contribution in [0.2, 0.25) is 0 Å². The van der Waals surface area contributed by atoms with E-state index in [2.05, 4.69) is 21.2 Å². The molecule has 0 aliphatic carbocycles. The van der Waals surface area contributed by atoms with Crippen LogP contribution in [0.3, 0.4) is 0 Å². The summed E-state index contributed by atoms with van der Waals surface area (Å²) in [6, 6.07) is 0.322. The third-order valence-corrected chi connectivity index (χ3v) is 2.94. The Balaban J connectivity index is 3.42. The standard InChI is InChI=1S/C8H15BrF3NS/c1-2-7(3-4-9)13-5-6-14-8(10,11)12/h7,13H,2-6H2,1H3. The van der Waals surface area contributed by atoms with Gasteiger partial charge < -0.3 is 5.32 Å². The van der Waals surface area contributed by atoms with Crippen molar-refractivity contribution < 1.29 is 13.2 Å². The minimum absolute atomic E-state index is 0.0299. The van der Waals surface area contributed by atoms with E-state index in [4.69, 9.17) is 0 Å². The number of rotatable bonds is 7. The Labute approximate surface area is 95.3 Å². The van der Waals surface area contributed by atoms with Crippen molar-refractivity contribution in [2.45, 2.75) is 31.3 Å². The topological polar surface area (TPSA) is 12.0 Å². The summed E-state index contributed by atoms with van der Waals surface area (Å²) in [6.45, 7) is 2.44. The predicted octanol–water partition coefficient (Wildman–Crippen LogP) is 3.39. The molecule has 6 heteroatoms. The van der Waals surface area contributed by atoms with E-state index in [0.717, 1.165) is 18.2 Å². The third kappa shape index (κ3) is 9.15. The van der Waals surface area contributed by atoms with E-state index in [9.17, 15) is 13.2 Å². The molecule has 1 unspecified atom stereocenters. The Hall–Kier alpha value is 0.580. The molecule has 1 nitrogen and oxygen atoms in total. The Bertz CT molecular complexity index is 143. The average Bonchev–Trinajstić information content (AvgIpc) is 2.08. The van der Waals surface area contributed by atoms with E-state index in [1.165, 1.54) is 0 Å². The smallest absolute Gasteiger partial charge is 0.313 e. The molecule has 0 aromatic heterocycles. The normalized spacial score (nSPS) is 14.4. The van der Waals surface area contributed by atoms with Crippen molar-refractivity contribution in [2.24, 2.45) is 0 Å². The minimum atomic E-state index is -4.10. The molecule has 0 aromatic rings. The molecule has 14 heavy (non-hydrogen) atoms. The number of alkyl halides is 4. The summed E-state index contributed by atoms with van der Waals surface area (Å²) < 4.78 is 35.2. The van der Waals surface area contributed by atoms with Crippen LogP contribution in [0.5, 0.6) is 0 Å². The van der Waals surface area contributed by atoms with Crippen molar-refractivity contribution in [2.75, 3.05) is 17.6 Å². The Morgan fingerprint density at radius 1 is 1.43 bits per heavy atom. The lowest BCUT2D eigenvalue weighted by molar-refractivity contribution is -0.0327. The van der Waals surface area contributed by atoms with Gasteiger partial charge >= 0.3 is 5.51 Å². The van der Waals surface area contributed by atoms with Gasteiger partial charge in [-0.2, -0.15) is 13.2 Å². The minimum Gasteiger partial charge on any atom is -0.313 e. The fourth-order valence-corrected chi connectivity index (χ4v) is 2.02. The number of halogens is 4. The summed E-state index contributed by atoms with van der Waals surface area (Å²) in [6.07, 6.45) is 1.90. The van der Waals surface area contributed by atoms with Crippen molar-refractivity contribution in [3.63, 3.8) is 0 Å². The average molecular weight is 294 g/mol. The molecule has 0 saturated carbocycles. The molecule has 86 valence electrons. The summed E-state index contributed by atoms with van der Waals surface area (Å²) in [5, 5.41) is 3.97. The second kappa shape index (κ2) is 7.82. The predicted molar refractivity (Wildman–Crippen MR) is 59.0 cm³/mol. The summed E-state index contributed by atoms with van der Waals surface area (Å²) >= 11 is 3.34. The van der Waals surface area contributed by atoms with Crippen molar-refractivity contribution in [3.05, 3.63) is 0 Å². The second-order valence-electron chi connectivity index (χ2n) is 2.83. The summed E-state index contributed by atoms with van der Waals surface area (Å²) in [5.41, 5.74) is -4.10. The molecule has 0 radical (unpaired) electrons. The largest absolute Gasteiger partial charge is 0.441 e. The molecule has 0 amide bonds. The highest BCUT2D eigenvalue weighted by atomic mass is 79.9. The molecule has 0 heterocycles. The second-order valence-corrected chi connectivity index (χ2v) is 4.78. The highest BCUT2D eigenvalue weighted by molar-refractivity contribution is 9.09.